The van der Waals surface area contributed by atoms with Crippen LogP contribution in [0.25, 0.3) is 0 Å². The van der Waals surface area contributed by atoms with Gasteiger partial charge in [0, 0.05) is 5.56 Å². The molecular formula is C8H7ClN2O. The lowest BCUT2D eigenvalue weighted by atomic mass is 10.1. The second-order valence-corrected chi connectivity index (χ2v) is 2.47. The van der Waals surface area contributed by atoms with Gasteiger partial charge in [0.25, 0.3) is 0 Å². The highest BCUT2D eigenvalue weighted by atomic mass is 35.5. The van der Waals surface area contributed by atoms with Crippen molar-refractivity contribution in [1.29, 1.82) is 0 Å². The summed E-state index contributed by atoms with van der Waals surface area (Å²) in [6.07, 6.45) is 0. The quantitative estimate of drug-likeness (QED) is 0.325. The number of Topliss-reactive ketones (excluding diaryl/α,β-unsaturated/α-hetero) is 1. The molecule has 0 heterocycles. The van der Waals surface area contributed by atoms with E-state index < -0.39 is 0 Å². The maximum absolute atomic E-state index is 11.2. The molecule has 1 aromatic rings. The van der Waals surface area contributed by atoms with Crippen molar-refractivity contribution in [1.82, 2.24) is 0 Å². The van der Waals surface area contributed by atoms with Gasteiger partial charge in [0.05, 0.1) is 0 Å². The van der Waals surface area contributed by atoms with E-state index in [1.165, 1.54) is 0 Å². The minimum Gasteiger partial charge on any atom is -0.322 e. The first-order valence-electron chi connectivity index (χ1n) is 3.29. The van der Waals surface area contributed by atoms with E-state index in [1.54, 1.807) is 24.3 Å². The summed E-state index contributed by atoms with van der Waals surface area (Å²) < 4.78 is 0. The lowest BCUT2D eigenvalue weighted by Crippen LogP contribution is -2.09. The lowest BCUT2D eigenvalue weighted by molar-refractivity contribution is 0.106. The van der Waals surface area contributed by atoms with E-state index in [0.29, 0.717) is 5.56 Å². The smallest absolute Gasteiger partial charge is 0.224 e. The van der Waals surface area contributed by atoms with Crippen LogP contribution in [0.3, 0.4) is 0 Å². The van der Waals surface area contributed by atoms with Crippen molar-refractivity contribution in [3.05, 3.63) is 35.9 Å². The predicted octanol–water partition coefficient (Wildman–Crippen LogP) is 1.38. The van der Waals surface area contributed by atoms with E-state index in [1.807, 2.05) is 6.07 Å². The summed E-state index contributed by atoms with van der Waals surface area (Å²) in [5, 5.41) is 2.89. The summed E-state index contributed by atoms with van der Waals surface area (Å²) in [7, 11) is 0. The molecule has 62 valence electrons. The average molecular weight is 183 g/mol. The van der Waals surface area contributed by atoms with Crippen molar-refractivity contribution in [2.75, 3.05) is 0 Å². The van der Waals surface area contributed by atoms with Crippen molar-refractivity contribution >= 4 is 22.6 Å². The third kappa shape index (κ3) is 1.83. The molecule has 0 fully saturated rings. The number of carbonyl (C=O) groups is 1. The van der Waals surface area contributed by atoms with Gasteiger partial charge in [0.1, 0.15) is 0 Å². The summed E-state index contributed by atoms with van der Waals surface area (Å²) in [6.45, 7) is 0. The zero-order valence-electron chi connectivity index (χ0n) is 6.20. The number of carbonyl (C=O) groups excluding carboxylic acids is 1. The molecule has 0 saturated heterocycles. The Morgan fingerprint density at radius 1 is 1.33 bits per heavy atom. The van der Waals surface area contributed by atoms with Gasteiger partial charge >= 0.3 is 0 Å². The Morgan fingerprint density at radius 2 is 1.92 bits per heavy atom. The van der Waals surface area contributed by atoms with Gasteiger partial charge in [-0.3, -0.25) is 4.79 Å². The molecule has 0 unspecified atom stereocenters. The summed E-state index contributed by atoms with van der Waals surface area (Å²) in [4.78, 5) is 11.2. The fourth-order valence-corrected chi connectivity index (χ4v) is 0.876. The molecule has 1 aromatic carbocycles. The van der Waals surface area contributed by atoms with E-state index in [9.17, 15) is 4.79 Å². The van der Waals surface area contributed by atoms with Gasteiger partial charge < -0.3 is 5.84 Å². The molecule has 0 saturated carbocycles. The van der Waals surface area contributed by atoms with Gasteiger partial charge in [0.15, 0.2) is 5.17 Å². The second-order valence-electron chi connectivity index (χ2n) is 2.12. The molecular weight excluding hydrogens is 176 g/mol. The average Bonchev–Trinajstić information content (AvgIpc) is 2.17. The SMILES string of the molecule is NN=C(Cl)C(=O)c1ccccc1. The minimum absolute atomic E-state index is 0.207. The summed E-state index contributed by atoms with van der Waals surface area (Å²) in [5.74, 6) is 4.48. The number of hydrogen-bond acceptors (Lipinski definition) is 3. The molecule has 0 atom stereocenters. The normalized spacial score (nSPS) is 11.2. The van der Waals surface area contributed by atoms with Gasteiger partial charge in [-0.05, 0) is 0 Å². The number of hydrazone groups is 1. The number of benzene rings is 1. The van der Waals surface area contributed by atoms with Crippen LogP contribution in [-0.2, 0) is 0 Å². The number of ketones is 1. The van der Waals surface area contributed by atoms with E-state index in [2.05, 4.69) is 5.10 Å². The minimum atomic E-state index is -0.361. The highest BCUT2D eigenvalue weighted by Gasteiger charge is 2.09. The van der Waals surface area contributed by atoms with Crippen LogP contribution in [0.2, 0.25) is 0 Å². The molecule has 1 rings (SSSR count). The molecule has 0 bridgehead atoms. The molecule has 0 radical (unpaired) electrons. The fraction of sp³-hybridized carbons (Fsp3) is 0. The monoisotopic (exact) mass is 182 g/mol. The number of halogens is 1. The summed E-state index contributed by atoms with van der Waals surface area (Å²) in [5.41, 5.74) is 0.483. The van der Waals surface area contributed by atoms with Crippen LogP contribution in [0, 0.1) is 0 Å². The van der Waals surface area contributed by atoms with Crippen LogP contribution in [-0.4, -0.2) is 11.0 Å². The van der Waals surface area contributed by atoms with Gasteiger partial charge in [-0.25, -0.2) is 0 Å². The van der Waals surface area contributed by atoms with Crippen LogP contribution in [0.1, 0.15) is 10.4 Å². The standard InChI is InChI=1S/C8H7ClN2O/c9-8(11-10)7(12)6-4-2-1-3-5-6/h1-5H,10H2. The van der Waals surface area contributed by atoms with Gasteiger partial charge in [-0.1, -0.05) is 41.9 Å². The Labute approximate surface area is 74.8 Å². The van der Waals surface area contributed by atoms with Crippen molar-refractivity contribution in [2.24, 2.45) is 10.9 Å². The van der Waals surface area contributed by atoms with Crippen LogP contribution < -0.4 is 5.84 Å². The Morgan fingerprint density at radius 3 is 2.42 bits per heavy atom. The van der Waals surface area contributed by atoms with Gasteiger partial charge in [-0.15, -0.1) is 0 Å². The van der Waals surface area contributed by atoms with Crippen molar-refractivity contribution in [2.45, 2.75) is 0 Å². The lowest BCUT2D eigenvalue weighted by Gasteiger charge is -1.95. The Balaban J connectivity index is 2.94. The van der Waals surface area contributed by atoms with Gasteiger partial charge in [-0.2, -0.15) is 5.10 Å². The summed E-state index contributed by atoms with van der Waals surface area (Å²) in [6, 6.07) is 8.60. The van der Waals surface area contributed by atoms with Crippen molar-refractivity contribution < 1.29 is 4.79 Å². The van der Waals surface area contributed by atoms with E-state index in [-0.39, 0.29) is 11.0 Å². The molecule has 0 spiro atoms. The maximum atomic E-state index is 11.2. The van der Waals surface area contributed by atoms with Crippen LogP contribution in [0.4, 0.5) is 0 Å². The molecule has 12 heavy (non-hydrogen) atoms. The molecule has 0 aliphatic rings. The van der Waals surface area contributed by atoms with Crippen molar-refractivity contribution in [3.63, 3.8) is 0 Å². The van der Waals surface area contributed by atoms with E-state index in [4.69, 9.17) is 17.4 Å². The van der Waals surface area contributed by atoms with Crippen LogP contribution in [0.15, 0.2) is 35.4 Å². The third-order valence-corrected chi connectivity index (χ3v) is 1.61. The number of rotatable bonds is 2. The molecule has 2 N–H and O–H groups in total. The van der Waals surface area contributed by atoms with Crippen LogP contribution in [0.5, 0.6) is 0 Å². The number of nitrogens with zero attached hydrogens (tertiary/aromatic N) is 1. The zero-order chi connectivity index (χ0) is 8.97. The largest absolute Gasteiger partial charge is 0.322 e. The van der Waals surface area contributed by atoms with Crippen LogP contribution >= 0.6 is 11.6 Å². The van der Waals surface area contributed by atoms with E-state index in [0.717, 1.165) is 0 Å². The summed E-state index contributed by atoms with van der Waals surface area (Å²) >= 11 is 5.43. The Bertz CT molecular complexity index is 308. The molecule has 0 aliphatic heterocycles. The Kier molecular flexibility index (Phi) is 2.82. The first-order valence-corrected chi connectivity index (χ1v) is 3.66. The molecule has 0 aromatic heterocycles. The van der Waals surface area contributed by atoms with Gasteiger partial charge in [0.2, 0.25) is 5.78 Å². The fourth-order valence-electron chi connectivity index (χ4n) is 0.767. The molecule has 3 nitrogen and oxygen atoms in total. The Hall–Kier alpha value is -1.35. The van der Waals surface area contributed by atoms with E-state index >= 15 is 0 Å². The molecule has 0 aliphatic carbocycles. The maximum Gasteiger partial charge on any atom is 0.224 e. The zero-order valence-corrected chi connectivity index (χ0v) is 6.95. The number of hydrogen-bond donors (Lipinski definition) is 1. The first kappa shape index (κ1) is 8.74. The molecule has 0 amide bonds. The predicted molar refractivity (Wildman–Crippen MR) is 48.2 cm³/mol. The first-order chi connectivity index (χ1) is 5.75. The highest BCUT2D eigenvalue weighted by Crippen LogP contribution is 2.02. The number of nitrogens with two attached hydrogens (primary N) is 1. The highest BCUT2D eigenvalue weighted by molar-refractivity contribution is 6.84. The van der Waals surface area contributed by atoms with Crippen molar-refractivity contribution in [3.8, 4) is 0 Å². The third-order valence-electron chi connectivity index (χ3n) is 1.34. The topological polar surface area (TPSA) is 55.4 Å². The second kappa shape index (κ2) is 3.88. The molecule has 4 heteroatoms.